The number of rotatable bonds is 3. The summed E-state index contributed by atoms with van der Waals surface area (Å²) < 4.78 is 0. The van der Waals surface area contributed by atoms with Crippen LogP contribution in [0.1, 0.15) is 12.1 Å². The van der Waals surface area contributed by atoms with Crippen molar-refractivity contribution < 1.29 is 19.8 Å². The molecular weight excluding hydrogens is 250 g/mol. The van der Waals surface area contributed by atoms with Crippen molar-refractivity contribution in [3.8, 4) is 0 Å². The van der Waals surface area contributed by atoms with Crippen LogP contribution in [0.2, 0.25) is 0 Å². The Morgan fingerprint density at radius 3 is 2.79 bits per heavy atom. The lowest BCUT2D eigenvalue weighted by Gasteiger charge is -2.20. The molecule has 0 spiro atoms. The molecule has 7 nitrogen and oxygen atoms in total. The van der Waals surface area contributed by atoms with Crippen molar-refractivity contribution in [3.05, 3.63) is 24.0 Å². The van der Waals surface area contributed by atoms with Gasteiger partial charge in [-0.1, -0.05) is 0 Å². The first kappa shape index (κ1) is 13.3. The second-order valence-corrected chi connectivity index (χ2v) is 4.55. The maximum atomic E-state index is 12.0. The van der Waals surface area contributed by atoms with Gasteiger partial charge < -0.3 is 20.8 Å². The highest BCUT2D eigenvalue weighted by Gasteiger charge is 2.38. The number of hydrogen-bond acceptors (Lipinski definition) is 5. The number of hydrogen-bond donors (Lipinski definition) is 3. The number of anilines is 1. The van der Waals surface area contributed by atoms with E-state index >= 15 is 0 Å². The van der Waals surface area contributed by atoms with Gasteiger partial charge in [0.25, 0.3) is 0 Å². The molecule has 1 aliphatic heterocycles. The predicted octanol–water partition coefficient (Wildman–Crippen LogP) is -0.747. The van der Waals surface area contributed by atoms with Crippen molar-refractivity contribution in [2.75, 3.05) is 12.3 Å². The van der Waals surface area contributed by atoms with Crippen LogP contribution in [-0.4, -0.2) is 50.7 Å². The van der Waals surface area contributed by atoms with Crippen LogP contribution >= 0.6 is 0 Å². The number of carboxylic acids is 1. The molecule has 19 heavy (non-hydrogen) atoms. The van der Waals surface area contributed by atoms with Gasteiger partial charge in [0.1, 0.15) is 6.04 Å². The zero-order valence-electron chi connectivity index (χ0n) is 10.2. The minimum atomic E-state index is -1.10. The fourth-order valence-electron chi connectivity index (χ4n) is 2.12. The number of aliphatic hydroxyl groups excluding tert-OH is 1. The number of nitrogens with two attached hydrogens (primary N) is 1. The second kappa shape index (κ2) is 5.23. The number of β-amino-alcohol motifs (C(OH)–C–C–N with tert-alkyl or cyclic N) is 1. The van der Waals surface area contributed by atoms with Crippen LogP contribution in [0.25, 0.3) is 0 Å². The number of carbonyl (C=O) groups excluding carboxylic acids is 1. The number of carbonyl (C=O) groups is 2. The fraction of sp³-hybridized carbons (Fsp3) is 0.417. The molecule has 0 bridgehead atoms. The standard InChI is InChI=1S/C12H15N3O4/c13-7-1-2-8(14-5-7)3-11(17)15-6-9(16)4-10(15)12(18)19/h1-2,5,9-10,16H,3-4,6,13H2,(H,18,19)/t9-,10-/m0/s1. The normalized spacial score (nSPS) is 22.5. The lowest BCUT2D eigenvalue weighted by atomic mass is 10.2. The maximum Gasteiger partial charge on any atom is 0.326 e. The number of nitrogens with zero attached hydrogens (tertiary/aromatic N) is 2. The third-order valence-electron chi connectivity index (χ3n) is 3.06. The maximum absolute atomic E-state index is 12.0. The molecule has 0 radical (unpaired) electrons. The summed E-state index contributed by atoms with van der Waals surface area (Å²) >= 11 is 0. The summed E-state index contributed by atoms with van der Waals surface area (Å²) in [4.78, 5) is 28.2. The molecule has 1 fully saturated rings. The van der Waals surface area contributed by atoms with Gasteiger partial charge in [0.15, 0.2) is 0 Å². The SMILES string of the molecule is Nc1ccc(CC(=O)N2C[C@@H](O)C[C@H]2C(=O)O)nc1. The minimum absolute atomic E-state index is 0.00319. The Morgan fingerprint density at radius 2 is 2.21 bits per heavy atom. The zero-order valence-corrected chi connectivity index (χ0v) is 10.2. The summed E-state index contributed by atoms with van der Waals surface area (Å²) in [5, 5.41) is 18.5. The summed E-state index contributed by atoms with van der Waals surface area (Å²) in [5.41, 5.74) is 6.51. The second-order valence-electron chi connectivity index (χ2n) is 4.55. The zero-order chi connectivity index (χ0) is 14.0. The van der Waals surface area contributed by atoms with E-state index in [2.05, 4.69) is 4.98 Å². The molecule has 1 saturated heterocycles. The smallest absolute Gasteiger partial charge is 0.326 e. The quantitative estimate of drug-likeness (QED) is 0.662. The highest BCUT2D eigenvalue weighted by atomic mass is 16.4. The Labute approximate surface area is 109 Å². The molecule has 102 valence electrons. The van der Waals surface area contributed by atoms with E-state index in [0.717, 1.165) is 0 Å². The summed E-state index contributed by atoms with van der Waals surface area (Å²) in [7, 11) is 0. The number of pyridine rings is 1. The molecule has 0 unspecified atom stereocenters. The lowest BCUT2D eigenvalue weighted by molar-refractivity contribution is -0.148. The van der Waals surface area contributed by atoms with Crippen LogP contribution in [0.5, 0.6) is 0 Å². The van der Waals surface area contributed by atoms with Crippen LogP contribution < -0.4 is 5.73 Å². The highest BCUT2D eigenvalue weighted by molar-refractivity contribution is 5.85. The van der Waals surface area contributed by atoms with E-state index in [1.807, 2.05) is 0 Å². The van der Waals surface area contributed by atoms with Crippen LogP contribution in [0.3, 0.4) is 0 Å². The van der Waals surface area contributed by atoms with Crippen molar-refractivity contribution in [3.63, 3.8) is 0 Å². The van der Waals surface area contributed by atoms with Gasteiger partial charge in [-0.2, -0.15) is 0 Å². The van der Waals surface area contributed by atoms with Gasteiger partial charge in [0.05, 0.1) is 24.4 Å². The topological polar surface area (TPSA) is 117 Å². The van der Waals surface area contributed by atoms with Gasteiger partial charge >= 0.3 is 5.97 Å². The Hall–Kier alpha value is -2.15. The van der Waals surface area contributed by atoms with Gasteiger partial charge in [-0.05, 0) is 12.1 Å². The Kier molecular flexibility index (Phi) is 3.66. The van der Waals surface area contributed by atoms with E-state index < -0.39 is 18.1 Å². The molecule has 0 aromatic carbocycles. The van der Waals surface area contributed by atoms with E-state index in [-0.39, 0.29) is 25.3 Å². The molecule has 7 heteroatoms. The molecule has 1 aromatic heterocycles. The Balaban J connectivity index is 2.06. The fourth-order valence-corrected chi connectivity index (χ4v) is 2.12. The lowest BCUT2D eigenvalue weighted by Crippen LogP contribution is -2.41. The summed E-state index contributed by atoms with van der Waals surface area (Å²) in [6, 6.07) is 2.29. The average Bonchev–Trinajstić information content (AvgIpc) is 2.74. The van der Waals surface area contributed by atoms with Crippen LogP contribution in [0.15, 0.2) is 18.3 Å². The van der Waals surface area contributed by atoms with Crippen LogP contribution in [0, 0.1) is 0 Å². The molecule has 2 heterocycles. The van der Waals surface area contributed by atoms with E-state index in [9.17, 15) is 14.7 Å². The molecule has 2 rings (SSSR count). The molecular formula is C12H15N3O4. The number of aromatic nitrogens is 1. The monoisotopic (exact) mass is 265 g/mol. The van der Waals surface area contributed by atoms with Crippen LogP contribution in [0.4, 0.5) is 5.69 Å². The van der Waals surface area contributed by atoms with Gasteiger partial charge in [-0.15, -0.1) is 0 Å². The third kappa shape index (κ3) is 3.00. The number of carboxylic acid groups (broad SMARTS) is 1. The largest absolute Gasteiger partial charge is 0.480 e. The van der Waals surface area contributed by atoms with Crippen molar-refractivity contribution in [2.45, 2.75) is 25.0 Å². The minimum Gasteiger partial charge on any atom is -0.480 e. The molecule has 1 amide bonds. The number of nitrogen functional groups attached to an aromatic ring is 1. The molecule has 0 saturated carbocycles. The summed E-state index contributed by atoms with van der Waals surface area (Å²) in [5.74, 6) is -1.46. The predicted molar refractivity (Wildman–Crippen MR) is 66.1 cm³/mol. The van der Waals surface area contributed by atoms with Crippen molar-refractivity contribution in [2.24, 2.45) is 0 Å². The molecule has 0 aliphatic carbocycles. The van der Waals surface area contributed by atoms with Gasteiger partial charge in [0, 0.05) is 18.7 Å². The number of aliphatic carboxylic acids is 1. The third-order valence-corrected chi connectivity index (χ3v) is 3.06. The molecule has 1 aliphatic rings. The van der Waals surface area contributed by atoms with Crippen molar-refractivity contribution >= 4 is 17.6 Å². The highest BCUT2D eigenvalue weighted by Crippen LogP contribution is 2.19. The van der Waals surface area contributed by atoms with E-state index in [1.165, 1.54) is 11.1 Å². The number of aliphatic hydroxyl groups is 1. The van der Waals surface area contributed by atoms with Gasteiger partial charge in [-0.25, -0.2) is 4.79 Å². The van der Waals surface area contributed by atoms with E-state index in [4.69, 9.17) is 10.8 Å². The van der Waals surface area contributed by atoms with Gasteiger partial charge in [-0.3, -0.25) is 9.78 Å². The Morgan fingerprint density at radius 1 is 1.47 bits per heavy atom. The van der Waals surface area contributed by atoms with E-state index in [1.54, 1.807) is 12.1 Å². The first-order chi connectivity index (χ1) is 8.97. The Bertz CT molecular complexity index is 488. The van der Waals surface area contributed by atoms with Crippen molar-refractivity contribution in [1.29, 1.82) is 0 Å². The van der Waals surface area contributed by atoms with Crippen LogP contribution in [-0.2, 0) is 16.0 Å². The molecule has 2 atom stereocenters. The molecule has 1 aromatic rings. The van der Waals surface area contributed by atoms with Crippen molar-refractivity contribution in [1.82, 2.24) is 9.88 Å². The summed E-state index contributed by atoms with van der Waals surface area (Å²) in [6.07, 6.45) is 0.716. The summed E-state index contributed by atoms with van der Waals surface area (Å²) in [6.45, 7) is 0.0464. The molecule has 4 N–H and O–H groups in total. The number of likely N-dealkylation sites (tertiary alicyclic amines) is 1. The van der Waals surface area contributed by atoms with E-state index in [0.29, 0.717) is 11.4 Å². The first-order valence-corrected chi connectivity index (χ1v) is 5.88. The average molecular weight is 265 g/mol. The number of amides is 1. The first-order valence-electron chi connectivity index (χ1n) is 5.88. The van der Waals surface area contributed by atoms with Gasteiger partial charge in [0.2, 0.25) is 5.91 Å².